The fraction of sp³-hybridized carbons (Fsp3) is 0.579. The number of hydrogen-bond donors (Lipinski definition) is 2. The molecule has 8 heteroatoms. The van der Waals surface area contributed by atoms with Crippen LogP contribution in [0.4, 0.5) is 5.69 Å². The van der Waals surface area contributed by atoms with E-state index in [4.69, 9.17) is 4.74 Å². The van der Waals surface area contributed by atoms with Crippen LogP contribution in [0.15, 0.2) is 24.3 Å². The SMILES string of the molecule is COCC1(C(=O)Nc2cccc(CSCCC(=O)OC)c2)CCNCC1.Cl. The van der Waals surface area contributed by atoms with Gasteiger partial charge in [0.1, 0.15) is 0 Å². The molecule has 0 unspecified atom stereocenters. The number of anilines is 1. The van der Waals surface area contributed by atoms with E-state index in [1.807, 2.05) is 24.3 Å². The summed E-state index contributed by atoms with van der Waals surface area (Å²) in [6, 6.07) is 7.86. The number of piperidine rings is 1. The minimum atomic E-state index is -0.467. The molecule has 0 aliphatic carbocycles. The highest BCUT2D eigenvalue weighted by molar-refractivity contribution is 7.98. The molecule has 0 bridgehead atoms. The summed E-state index contributed by atoms with van der Waals surface area (Å²) < 4.78 is 9.97. The highest BCUT2D eigenvalue weighted by atomic mass is 35.5. The molecule has 27 heavy (non-hydrogen) atoms. The number of rotatable bonds is 9. The molecule has 0 aromatic heterocycles. The van der Waals surface area contributed by atoms with Gasteiger partial charge in [0, 0.05) is 24.3 Å². The standard InChI is InChI=1S/C19H28N2O4S.ClH/c1-24-14-19(7-9-20-10-8-19)18(23)21-16-5-3-4-15(12-16)13-26-11-6-17(22)25-2;/h3-5,12,20H,6-11,13-14H2,1-2H3,(H,21,23);1H. The van der Waals surface area contributed by atoms with Gasteiger partial charge in [0.15, 0.2) is 0 Å². The monoisotopic (exact) mass is 416 g/mol. The third kappa shape index (κ3) is 7.33. The summed E-state index contributed by atoms with van der Waals surface area (Å²) in [5.41, 5.74) is 1.45. The number of thioether (sulfide) groups is 1. The number of esters is 1. The molecule has 0 spiro atoms. The quantitative estimate of drug-likeness (QED) is 0.476. The molecule has 1 heterocycles. The predicted molar refractivity (Wildman–Crippen MR) is 112 cm³/mol. The van der Waals surface area contributed by atoms with Crippen molar-refractivity contribution in [3.8, 4) is 0 Å². The number of hydrogen-bond acceptors (Lipinski definition) is 6. The fourth-order valence-electron chi connectivity index (χ4n) is 3.07. The van der Waals surface area contributed by atoms with E-state index in [1.54, 1.807) is 18.9 Å². The topological polar surface area (TPSA) is 76.7 Å². The van der Waals surface area contributed by atoms with Gasteiger partial charge in [-0.15, -0.1) is 12.4 Å². The number of carbonyl (C=O) groups excluding carboxylic acids is 2. The number of carbonyl (C=O) groups is 2. The normalized spacial score (nSPS) is 15.5. The third-order valence-corrected chi connectivity index (χ3v) is 5.62. The highest BCUT2D eigenvalue weighted by Gasteiger charge is 2.39. The van der Waals surface area contributed by atoms with Crippen molar-refractivity contribution in [2.24, 2.45) is 5.41 Å². The highest BCUT2D eigenvalue weighted by Crippen LogP contribution is 2.31. The molecule has 1 amide bonds. The zero-order valence-electron chi connectivity index (χ0n) is 15.9. The molecule has 1 saturated heterocycles. The van der Waals surface area contributed by atoms with Crippen LogP contribution in [0.25, 0.3) is 0 Å². The Hall–Kier alpha value is -1.28. The molecular formula is C19H29ClN2O4S. The van der Waals surface area contributed by atoms with Crippen molar-refractivity contribution in [1.29, 1.82) is 0 Å². The molecule has 1 aromatic rings. The number of halogens is 1. The van der Waals surface area contributed by atoms with Gasteiger partial charge in [0.25, 0.3) is 0 Å². The van der Waals surface area contributed by atoms with E-state index in [9.17, 15) is 9.59 Å². The van der Waals surface area contributed by atoms with Gasteiger partial charge in [-0.1, -0.05) is 12.1 Å². The summed E-state index contributed by atoms with van der Waals surface area (Å²) in [7, 11) is 3.04. The number of methoxy groups -OCH3 is 2. The van der Waals surface area contributed by atoms with Crippen molar-refractivity contribution in [3.05, 3.63) is 29.8 Å². The molecule has 6 nitrogen and oxygen atoms in total. The first-order valence-corrected chi connectivity index (χ1v) is 10.00. The van der Waals surface area contributed by atoms with Gasteiger partial charge >= 0.3 is 5.97 Å². The summed E-state index contributed by atoms with van der Waals surface area (Å²) in [4.78, 5) is 24.0. The largest absolute Gasteiger partial charge is 0.469 e. The third-order valence-electron chi connectivity index (χ3n) is 4.59. The average Bonchev–Trinajstić information content (AvgIpc) is 2.66. The Kier molecular flexibility index (Phi) is 10.8. The Bertz CT molecular complexity index is 604. The van der Waals surface area contributed by atoms with Gasteiger partial charge in [0.05, 0.1) is 25.6 Å². The molecule has 2 rings (SSSR count). The van der Waals surface area contributed by atoms with Crippen molar-refractivity contribution < 1.29 is 19.1 Å². The average molecular weight is 417 g/mol. The molecule has 1 aromatic carbocycles. The summed E-state index contributed by atoms with van der Waals surface area (Å²) in [6.07, 6.45) is 1.96. The maximum atomic E-state index is 12.9. The molecular weight excluding hydrogens is 388 g/mol. The predicted octanol–water partition coefficient (Wildman–Crippen LogP) is 2.86. The number of ether oxygens (including phenoxy) is 2. The Balaban J connectivity index is 0.00000364. The summed E-state index contributed by atoms with van der Waals surface area (Å²) in [5.74, 6) is 1.33. The molecule has 0 atom stereocenters. The van der Waals surface area contributed by atoms with Crippen molar-refractivity contribution in [2.45, 2.75) is 25.0 Å². The van der Waals surface area contributed by atoms with Crippen LogP contribution < -0.4 is 10.6 Å². The van der Waals surface area contributed by atoms with Gasteiger partial charge in [-0.3, -0.25) is 9.59 Å². The second-order valence-corrected chi connectivity index (χ2v) is 7.60. The van der Waals surface area contributed by atoms with E-state index in [0.29, 0.717) is 18.8 Å². The summed E-state index contributed by atoms with van der Waals surface area (Å²) in [6.45, 7) is 2.09. The second kappa shape index (κ2) is 12.2. The van der Waals surface area contributed by atoms with Crippen molar-refractivity contribution in [2.75, 3.05) is 45.0 Å². The first-order valence-electron chi connectivity index (χ1n) is 8.84. The summed E-state index contributed by atoms with van der Waals surface area (Å²) >= 11 is 1.67. The molecule has 1 fully saturated rings. The van der Waals surface area contributed by atoms with E-state index in [2.05, 4.69) is 15.4 Å². The van der Waals surface area contributed by atoms with Gasteiger partial charge in [-0.2, -0.15) is 11.8 Å². The molecule has 1 aliphatic rings. The zero-order chi connectivity index (χ0) is 18.8. The van der Waals surface area contributed by atoms with E-state index in [-0.39, 0.29) is 24.3 Å². The van der Waals surface area contributed by atoms with E-state index in [1.165, 1.54) is 7.11 Å². The maximum Gasteiger partial charge on any atom is 0.306 e. The van der Waals surface area contributed by atoms with Gasteiger partial charge in [0.2, 0.25) is 5.91 Å². The van der Waals surface area contributed by atoms with E-state index in [0.717, 1.165) is 42.9 Å². The van der Waals surface area contributed by atoms with Crippen LogP contribution in [0, 0.1) is 5.41 Å². The Labute approximate surface area is 171 Å². The van der Waals surface area contributed by atoms with Gasteiger partial charge in [-0.05, 0) is 43.6 Å². The smallest absolute Gasteiger partial charge is 0.306 e. The van der Waals surface area contributed by atoms with E-state index >= 15 is 0 Å². The maximum absolute atomic E-state index is 12.9. The Morgan fingerprint density at radius 2 is 2.00 bits per heavy atom. The molecule has 2 N–H and O–H groups in total. The van der Waals surface area contributed by atoms with Crippen LogP contribution in [-0.4, -0.2) is 51.5 Å². The van der Waals surface area contributed by atoms with Crippen LogP contribution in [0.1, 0.15) is 24.8 Å². The van der Waals surface area contributed by atoms with Gasteiger partial charge < -0.3 is 20.1 Å². The lowest BCUT2D eigenvalue weighted by molar-refractivity contribution is -0.140. The second-order valence-electron chi connectivity index (χ2n) is 6.50. The van der Waals surface area contributed by atoms with Crippen LogP contribution in [-0.2, 0) is 24.8 Å². The fourth-order valence-corrected chi connectivity index (χ4v) is 3.94. The number of benzene rings is 1. The van der Waals surface area contributed by atoms with Crippen LogP contribution in [0.2, 0.25) is 0 Å². The minimum Gasteiger partial charge on any atom is -0.469 e. The number of amides is 1. The first-order chi connectivity index (χ1) is 12.6. The molecule has 1 aliphatic heterocycles. The van der Waals surface area contributed by atoms with Crippen LogP contribution in [0.3, 0.4) is 0 Å². The molecule has 0 radical (unpaired) electrons. The minimum absolute atomic E-state index is 0. The number of nitrogens with one attached hydrogen (secondary N) is 2. The van der Waals surface area contributed by atoms with Crippen molar-refractivity contribution in [3.63, 3.8) is 0 Å². The first kappa shape index (κ1) is 23.8. The lowest BCUT2D eigenvalue weighted by Crippen LogP contribution is -2.47. The summed E-state index contributed by atoms with van der Waals surface area (Å²) in [5, 5.41) is 6.36. The van der Waals surface area contributed by atoms with Crippen LogP contribution >= 0.6 is 24.2 Å². The zero-order valence-corrected chi connectivity index (χ0v) is 17.5. The van der Waals surface area contributed by atoms with E-state index < -0.39 is 5.41 Å². The van der Waals surface area contributed by atoms with Crippen LogP contribution in [0.5, 0.6) is 0 Å². The Morgan fingerprint density at radius 1 is 1.26 bits per heavy atom. The van der Waals surface area contributed by atoms with Crippen molar-refractivity contribution >= 4 is 41.7 Å². The Morgan fingerprint density at radius 3 is 2.67 bits per heavy atom. The lowest BCUT2D eigenvalue weighted by atomic mass is 9.78. The molecule has 0 saturated carbocycles. The van der Waals surface area contributed by atoms with Gasteiger partial charge in [-0.25, -0.2) is 0 Å². The lowest BCUT2D eigenvalue weighted by Gasteiger charge is -2.35. The molecule has 152 valence electrons. The van der Waals surface area contributed by atoms with Crippen molar-refractivity contribution in [1.82, 2.24) is 5.32 Å².